The molecule has 4 atom stereocenters. The third-order valence-corrected chi connectivity index (χ3v) is 23.8. The monoisotopic (exact) mass is 1070 g/mol. The molecule has 0 saturated carbocycles. The summed E-state index contributed by atoms with van der Waals surface area (Å²) >= 11 is 0. The summed E-state index contributed by atoms with van der Waals surface area (Å²) < 4.78 is 47.9. The van der Waals surface area contributed by atoms with E-state index < -0.39 is 37.1 Å². The van der Waals surface area contributed by atoms with Crippen LogP contribution in [-0.4, -0.2) is 152 Å². The van der Waals surface area contributed by atoms with Crippen molar-refractivity contribution in [3.8, 4) is 0 Å². The highest BCUT2D eigenvalue weighted by Crippen LogP contribution is 2.23. The van der Waals surface area contributed by atoms with E-state index in [1.807, 2.05) is 0 Å². The summed E-state index contributed by atoms with van der Waals surface area (Å²) in [7, 11) is -6.34. The van der Waals surface area contributed by atoms with Gasteiger partial charge in [0.25, 0.3) is 0 Å². The molecule has 0 aromatic carbocycles. The van der Waals surface area contributed by atoms with Gasteiger partial charge in [0.05, 0.1) is 0 Å². The fourth-order valence-electron chi connectivity index (χ4n) is 9.02. The Morgan fingerprint density at radius 3 is 0.614 bits per heavy atom. The Morgan fingerprint density at radius 1 is 0.271 bits per heavy atom. The largest absolute Gasteiger partial charge is 0.397 e. The Bertz CT molecular complexity index is 952. The Labute approximate surface area is 443 Å². The molecular weight excluding hydrogens is 945 g/mol. The minimum atomic E-state index is -1.59. The van der Waals surface area contributed by atoms with Crippen molar-refractivity contribution in [2.75, 3.05) is 105 Å². The Morgan fingerprint density at radius 2 is 0.443 bits per heavy atom. The number of hydrogen-bond donors (Lipinski definition) is 2. The summed E-state index contributed by atoms with van der Waals surface area (Å²) in [6.07, 6.45) is 28.6. The zero-order valence-electron chi connectivity index (χ0n) is 48.8. The standard InChI is InChI=1S/C28H64N2O4Si2.C26H60N2O4Si2/c1-7-31-35(32-8-2)27(5)21-25-30(26-22-28(6)36(33-9-3)34-10-4)24-20-18-16-14-12-11-13-15-17-19-23-29;1-7-29-33(30-8-2)25(5)19-23-28(22-18-16-14-12-11-13-15-17-21-27)24-20-26(6)34(31-9-3)32-10-4/h27-28,35-36H,7-26,29H2,1-6H3;25-26,33-34H,7-24,27H2,1-6H3. The number of unbranched alkanes of at least 4 members (excludes halogenated alkanes) is 16. The number of nitrogens with zero attached hydrogens (tertiary/aromatic N) is 2. The first kappa shape index (κ1) is 72.5. The average Bonchev–Trinajstić information content (AvgIpc) is 3.35. The lowest BCUT2D eigenvalue weighted by Gasteiger charge is -2.28. The minimum absolute atomic E-state index is 0.530. The summed E-state index contributed by atoms with van der Waals surface area (Å²) in [4.78, 5) is 5.37. The molecule has 0 aliphatic heterocycles. The van der Waals surface area contributed by atoms with Gasteiger partial charge in [-0.05, 0) is 181 Å². The van der Waals surface area contributed by atoms with Crippen molar-refractivity contribution < 1.29 is 35.4 Å². The molecule has 0 aliphatic carbocycles. The van der Waals surface area contributed by atoms with E-state index >= 15 is 0 Å². The van der Waals surface area contributed by atoms with Gasteiger partial charge in [-0.1, -0.05) is 118 Å². The molecular formula is C54H124N4O8Si4. The lowest BCUT2D eigenvalue weighted by Crippen LogP contribution is -2.34. The first-order valence-corrected chi connectivity index (χ1v) is 36.3. The van der Waals surface area contributed by atoms with E-state index in [2.05, 4.69) is 92.9 Å². The molecule has 16 heteroatoms. The van der Waals surface area contributed by atoms with Crippen molar-refractivity contribution in [3.05, 3.63) is 0 Å². The zero-order valence-corrected chi connectivity index (χ0v) is 53.4. The molecule has 0 spiro atoms. The maximum absolute atomic E-state index is 6.00. The zero-order chi connectivity index (χ0) is 52.3. The quantitative estimate of drug-likeness (QED) is 0.0444. The molecule has 0 heterocycles. The smallest absolute Gasteiger partial charge is 0.324 e. The second-order valence-electron chi connectivity index (χ2n) is 19.8. The molecule has 0 rings (SSSR count). The molecule has 0 amide bonds. The van der Waals surface area contributed by atoms with Gasteiger partial charge in [0, 0.05) is 52.9 Å². The molecule has 0 bridgehead atoms. The van der Waals surface area contributed by atoms with Gasteiger partial charge in [0.2, 0.25) is 0 Å². The van der Waals surface area contributed by atoms with E-state index in [-0.39, 0.29) is 0 Å². The third-order valence-electron chi connectivity index (χ3n) is 13.5. The minimum Gasteiger partial charge on any atom is -0.397 e. The van der Waals surface area contributed by atoms with Crippen molar-refractivity contribution in [2.24, 2.45) is 11.5 Å². The van der Waals surface area contributed by atoms with E-state index in [9.17, 15) is 0 Å². The molecule has 0 saturated heterocycles. The lowest BCUT2D eigenvalue weighted by molar-refractivity contribution is 0.191. The van der Waals surface area contributed by atoms with Crippen LogP contribution in [0.2, 0.25) is 22.2 Å². The molecule has 70 heavy (non-hydrogen) atoms. The second-order valence-corrected chi connectivity index (χ2v) is 30.0. The maximum atomic E-state index is 6.00. The number of nitrogens with two attached hydrogens (primary N) is 2. The predicted octanol–water partition coefficient (Wildman–Crippen LogP) is 11.8. The highest BCUT2D eigenvalue weighted by Gasteiger charge is 2.26. The Balaban J connectivity index is 0. The van der Waals surface area contributed by atoms with Gasteiger partial charge in [-0.3, -0.25) is 0 Å². The summed E-state index contributed by atoms with van der Waals surface area (Å²) in [5.74, 6) is 0. The molecule has 0 radical (unpaired) electrons. The van der Waals surface area contributed by atoms with E-state index in [1.54, 1.807) is 0 Å². The topological polar surface area (TPSA) is 132 Å². The molecule has 424 valence electrons. The average molecular weight is 1070 g/mol. The lowest BCUT2D eigenvalue weighted by atomic mass is 10.1. The molecule has 12 nitrogen and oxygen atoms in total. The molecule has 0 fully saturated rings. The van der Waals surface area contributed by atoms with Crippen LogP contribution in [0.15, 0.2) is 0 Å². The molecule has 0 aromatic rings. The summed E-state index contributed by atoms with van der Waals surface area (Å²) in [5.41, 5.74) is 13.3. The Hall–Kier alpha value is 0.388. The van der Waals surface area contributed by atoms with Gasteiger partial charge in [0.1, 0.15) is 0 Å². The third kappa shape index (κ3) is 43.6. The summed E-state index contributed by atoms with van der Waals surface area (Å²) in [6, 6.07) is 0. The summed E-state index contributed by atoms with van der Waals surface area (Å²) in [5, 5.41) is 0. The van der Waals surface area contributed by atoms with E-state index in [0.29, 0.717) is 22.2 Å². The summed E-state index contributed by atoms with van der Waals surface area (Å²) in [6.45, 7) is 40.6. The van der Waals surface area contributed by atoms with Crippen LogP contribution in [0.1, 0.15) is 224 Å². The molecule has 4 N–H and O–H groups in total. The number of hydrogen-bond acceptors (Lipinski definition) is 12. The van der Waals surface area contributed by atoms with Crippen molar-refractivity contribution in [1.82, 2.24) is 9.80 Å². The Kier molecular flexibility index (Phi) is 57.6. The first-order valence-electron chi connectivity index (χ1n) is 29.8. The fourth-order valence-corrected chi connectivity index (χ4v) is 16.3. The van der Waals surface area contributed by atoms with Crippen LogP contribution < -0.4 is 11.5 Å². The van der Waals surface area contributed by atoms with E-state index in [0.717, 1.165) is 118 Å². The van der Waals surface area contributed by atoms with E-state index in [4.69, 9.17) is 46.9 Å². The highest BCUT2D eigenvalue weighted by molar-refractivity contribution is 6.47. The normalized spacial score (nSPS) is 13.9. The van der Waals surface area contributed by atoms with Gasteiger partial charge < -0.3 is 56.7 Å². The van der Waals surface area contributed by atoms with Crippen LogP contribution in [0.25, 0.3) is 0 Å². The SMILES string of the molecule is CCO[SiH](OCC)C(C)CCN(CCCCCCCCCCCCN)CCC(C)[SiH](OCC)OCC.CCO[SiH](OCC)C(C)CCN(CCCCCCCCCCN)CCC(C)[SiH](OCC)OCC. The second kappa shape index (κ2) is 55.6. The predicted molar refractivity (Wildman–Crippen MR) is 312 cm³/mol. The molecule has 0 aliphatic rings. The first-order chi connectivity index (χ1) is 34.1. The van der Waals surface area contributed by atoms with Crippen LogP contribution in [-0.2, 0) is 35.4 Å². The van der Waals surface area contributed by atoms with Gasteiger partial charge in [0.15, 0.2) is 0 Å². The van der Waals surface area contributed by atoms with Gasteiger partial charge in [-0.15, -0.1) is 0 Å². The van der Waals surface area contributed by atoms with Crippen molar-refractivity contribution in [1.29, 1.82) is 0 Å². The van der Waals surface area contributed by atoms with Crippen LogP contribution in [0.5, 0.6) is 0 Å². The molecule has 0 aromatic heterocycles. The van der Waals surface area contributed by atoms with Crippen LogP contribution >= 0.6 is 0 Å². The molecule has 4 unspecified atom stereocenters. The van der Waals surface area contributed by atoms with Gasteiger partial charge in [-0.2, -0.15) is 0 Å². The fraction of sp³-hybridized carbons (Fsp3) is 1.00. The van der Waals surface area contributed by atoms with Crippen LogP contribution in [0.3, 0.4) is 0 Å². The van der Waals surface area contributed by atoms with Crippen molar-refractivity contribution >= 4 is 37.1 Å². The van der Waals surface area contributed by atoms with Gasteiger partial charge >= 0.3 is 37.1 Å². The van der Waals surface area contributed by atoms with Crippen molar-refractivity contribution in [3.63, 3.8) is 0 Å². The van der Waals surface area contributed by atoms with Crippen LogP contribution in [0, 0.1) is 0 Å². The number of rotatable bonds is 54. The van der Waals surface area contributed by atoms with E-state index in [1.165, 1.54) is 129 Å². The van der Waals surface area contributed by atoms with Crippen LogP contribution in [0.4, 0.5) is 0 Å². The maximum Gasteiger partial charge on any atom is 0.324 e. The highest BCUT2D eigenvalue weighted by atomic mass is 28.3. The van der Waals surface area contributed by atoms with Crippen molar-refractivity contribution in [2.45, 2.75) is 247 Å². The van der Waals surface area contributed by atoms with Gasteiger partial charge in [-0.25, -0.2) is 0 Å².